The predicted molar refractivity (Wildman–Crippen MR) is 72.8 cm³/mol. The third kappa shape index (κ3) is 3.20. The molecule has 108 valence electrons. The molecule has 1 atom stereocenters. The zero-order valence-electron chi connectivity index (χ0n) is 11.5. The summed E-state index contributed by atoms with van der Waals surface area (Å²) in [6.07, 6.45) is 1.98. The van der Waals surface area contributed by atoms with E-state index < -0.39 is 11.9 Å². The average Bonchev–Trinajstić information content (AvgIpc) is 3.22. The lowest BCUT2D eigenvalue weighted by Crippen LogP contribution is -2.45. The maximum absolute atomic E-state index is 12.0. The fraction of sp³-hybridized carbons (Fsp3) is 0.429. The molecule has 1 saturated carbocycles. The lowest BCUT2D eigenvalue weighted by Gasteiger charge is -2.15. The fourth-order valence-corrected chi connectivity index (χ4v) is 1.76. The zero-order chi connectivity index (χ0) is 14.7. The highest BCUT2D eigenvalue weighted by Crippen LogP contribution is 2.29. The van der Waals surface area contributed by atoms with Crippen LogP contribution in [0.25, 0.3) is 0 Å². The van der Waals surface area contributed by atoms with E-state index in [4.69, 9.17) is 4.74 Å². The van der Waals surface area contributed by atoms with Gasteiger partial charge < -0.3 is 20.5 Å². The summed E-state index contributed by atoms with van der Waals surface area (Å²) in [6.45, 7) is 1.60. The highest BCUT2D eigenvalue weighted by molar-refractivity contribution is 6.00. The van der Waals surface area contributed by atoms with Crippen LogP contribution in [-0.2, 0) is 4.79 Å². The molecule has 0 saturated heterocycles. The van der Waals surface area contributed by atoms with Gasteiger partial charge in [-0.05, 0) is 31.9 Å². The minimum absolute atomic E-state index is 0.0791. The molecule has 6 heteroatoms. The predicted octanol–water partition coefficient (Wildman–Crippen LogP) is 0.798. The minimum Gasteiger partial charge on any atom is -0.504 e. The number of phenols is 1. The molecular weight excluding hydrogens is 260 g/mol. The maximum atomic E-state index is 12.0. The first-order valence-electron chi connectivity index (χ1n) is 6.50. The molecule has 2 rings (SSSR count). The molecule has 2 amide bonds. The number of aromatic hydroxyl groups is 1. The molecule has 3 N–H and O–H groups in total. The van der Waals surface area contributed by atoms with Gasteiger partial charge in [0.1, 0.15) is 6.04 Å². The molecule has 1 aliphatic carbocycles. The van der Waals surface area contributed by atoms with Crippen LogP contribution in [0.5, 0.6) is 11.5 Å². The molecule has 6 nitrogen and oxygen atoms in total. The fourth-order valence-electron chi connectivity index (χ4n) is 1.76. The molecule has 1 aliphatic rings. The van der Waals surface area contributed by atoms with E-state index >= 15 is 0 Å². The molecule has 0 aliphatic heterocycles. The molecule has 0 radical (unpaired) electrons. The monoisotopic (exact) mass is 278 g/mol. The van der Waals surface area contributed by atoms with Crippen molar-refractivity contribution < 1.29 is 19.4 Å². The summed E-state index contributed by atoms with van der Waals surface area (Å²) < 4.78 is 4.94. The Morgan fingerprint density at radius 1 is 1.40 bits per heavy atom. The normalized spacial score (nSPS) is 15.3. The van der Waals surface area contributed by atoms with Crippen LogP contribution in [0.15, 0.2) is 18.2 Å². The maximum Gasteiger partial charge on any atom is 0.255 e. The molecule has 0 heterocycles. The number of benzene rings is 1. The molecule has 1 unspecified atom stereocenters. The van der Waals surface area contributed by atoms with Crippen molar-refractivity contribution in [2.45, 2.75) is 31.8 Å². The minimum atomic E-state index is -0.659. The van der Waals surface area contributed by atoms with Gasteiger partial charge in [0.2, 0.25) is 5.91 Å². The zero-order valence-corrected chi connectivity index (χ0v) is 11.5. The van der Waals surface area contributed by atoms with Crippen molar-refractivity contribution in [2.75, 3.05) is 7.11 Å². The van der Waals surface area contributed by atoms with Crippen molar-refractivity contribution in [3.8, 4) is 11.5 Å². The lowest BCUT2D eigenvalue weighted by molar-refractivity contribution is -0.122. The van der Waals surface area contributed by atoms with Crippen LogP contribution in [0.3, 0.4) is 0 Å². The van der Waals surface area contributed by atoms with E-state index in [-0.39, 0.29) is 29.0 Å². The van der Waals surface area contributed by atoms with Crippen LogP contribution in [0.4, 0.5) is 0 Å². The van der Waals surface area contributed by atoms with E-state index in [0.29, 0.717) is 0 Å². The van der Waals surface area contributed by atoms with Crippen LogP contribution in [0, 0.1) is 0 Å². The van der Waals surface area contributed by atoms with Crippen molar-refractivity contribution in [3.63, 3.8) is 0 Å². The first-order chi connectivity index (χ1) is 9.52. The Labute approximate surface area is 117 Å². The van der Waals surface area contributed by atoms with Gasteiger partial charge in [0, 0.05) is 6.04 Å². The number of rotatable bonds is 5. The molecule has 20 heavy (non-hydrogen) atoms. The number of methoxy groups -OCH3 is 1. The lowest BCUT2D eigenvalue weighted by atomic mass is 10.1. The quantitative estimate of drug-likeness (QED) is 0.743. The summed E-state index contributed by atoms with van der Waals surface area (Å²) >= 11 is 0. The van der Waals surface area contributed by atoms with Gasteiger partial charge in [0.05, 0.1) is 12.7 Å². The van der Waals surface area contributed by atoms with Crippen molar-refractivity contribution in [1.29, 1.82) is 0 Å². The van der Waals surface area contributed by atoms with Crippen molar-refractivity contribution >= 4 is 11.8 Å². The van der Waals surface area contributed by atoms with E-state index in [1.54, 1.807) is 19.1 Å². The summed E-state index contributed by atoms with van der Waals surface area (Å²) in [5.41, 5.74) is 0.0791. The number of phenolic OH excluding ortho intramolecular Hbond substituents is 1. The number of para-hydroxylation sites is 1. The third-order valence-electron chi connectivity index (χ3n) is 3.13. The van der Waals surface area contributed by atoms with Crippen LogP contribution in [0.1, 0.15) is 30.1 Å². The topological polar surface area (TPSA) is 87.7 Å². The van der Waals surface area contributed by atoms with E-state index in [9.17, 15) is 14.7 Å². The summed E-state index contributed by atoms with van der Waals surface area (Å²) in [6, 6.07) is 4.21. The molecule has 1 aromatic rings. The highest BCUT2D eigenvalue weighted by Gasteiger charge is 2.26. The first kappa shape index (κ1) is 14.2. The van der Waals surface area contributed by atoms with Gasteiger partial charge >= 0.3 is 0 Å². The molecule has 0 aromatic heterocycles. The second-order valence-electron chi connectivity index (χ2n) is 4.83. The molecule has 0 spiro atoms. The summed E-state index contributed by atoms with van der Waals surface area (Å²) in [7, 11) is 1.41. The number of nitrogens with one attached hydrogen (secondary N) is 2. The molecule has 1 fully saturated rings. The van der Waals surface area contributed by atoms with E-state index in [2.05, 4.69) is 10.6 Å². The van der Waals surface area contributed by atoms with Crippen molar-refractivity contribution in [1.82, 2.24) is 10.6 Å². The largest absolute Gasteiger partial charge is 0.504 e. The van der Waals surface area contributed by atoms with Gasteiger partial charge in [-0.25, -0.2) is 0 Å². The number of carbonyl (C=O) groups is 2. The number of carbonyl (C=O) groups excluding carboxylic acids is 2. The van der Waals surface area contributed by atoms with E-state index in [0.717, 1.165) is 12.8 Å². The number of hydrogen-bond acceptors (Lipinski definition) is 4. The van der Waals surface area contributed by atoms with Crippen molar-refractivity contribution in [3.05, 3.63) is 23.8 Å². The SMILES string of the molecule is COc1cccc(C(=O)NC(C)C(=O)NC2CC2)c1O. The van der Waals surface area contributed by atoms with Crippen molar-refractivity contribution in [2.24, 2.45) is 0 Å². The Morgan fingerprint density at radius 3 is 2.70 bits per heavy atom. The Kier molecular flexibility index (Phi) is 4.12. The Balaban J connectivity index is 2.02. The number of hydrogen-bond donors (Lipinski definition) is 3. The van der Waals surface area contributed by atoms with Gasteiger partial charge in [0.25, 0.3) is 5.91 Å². The van der Waals surface area contributed by atoms with Gasteiger partial charge in [-0.3, -0.25) is 9.59 Å². The number of ether oxygens (including phenoxy) is 1. The van der Waals surface area contributed by atoms with Crippen LogP contribution in [0.2, 0.25) is 0 Å². The first-order valence-corrected chi connectivity index (χ1v) is 6.50. The Bertz CT molecular complexity index is 526. The van der Waals surface area contributed by atoms with Gasteiger partial charge in [-0.1, -0.05) is 6.07 Å². The molecule has 0 bridgehead atoms. The molecular formula is C14H18N2O4. The van der Waals surface area contributed by atoms with Crippen LogP contribution < -0.4 is 15.4 Å². The van der Waals surface area contributed by atoms with E-state index in [1.165, 1.54) is 13.2 Å². The summed E-state index contributed by atoms with van der Waals surface area (Å²) in [5, 5.41) is 15.2. The molecule has 1 aromatic carbocycles. The van der Waals surface area contributed by atoms with Gasteiger partial charge in [0.15, 0.2) is 11.5 Å². The Hall–Kier alpha value is -2.24. The highest BCUT2D eigenvalue weighted by atomic mass is 16.5. The Morgan fingerprint density at radius 2 is 2.10 bits per heavy atom. The van der Waals surface area contributed by atoms with E-state index in [1.807, 2.05) is 0 Å². The standard InChI is InChI=1S/C14H18N2O4/c1-8(13(18)16-9-6-7-9)15-14(19)10-4-3-5-11(20-2)12(10)17/h3-5,8-9,17H,6-7H2,1-2H3,(H,15,19)(H,16,18). The summed E-state index contributed by atoms with van der Waals surface area (Å²) in [5.74, 6) is -0.752. The summed E-state index contributed by atoms with van der Waals surface area (Å²) in [4.78, 5) is 23.8. The van der Waals surface area contributed by atoms with Gasteiger partial charge in [-0.2, -0.15) is 0 Å². The third-order valence-corrected chi connectivity index (χ3v) is 3.13. The number of amides is 2. The van der Waals surface area contributed by atoms with Crippen LogP contribution in [-0.4, -0.2) is 36.1 Å². The second kappa shape index (κ2) is 5.81. The van der Waals surface area contributed by atoms with Crippen LogP contribution >= 0.6 is 0 Å². The second-order valence-corrected chi connectivity index (χ2v) is 4.83. The van der Waals surface area contributed by atoms with Gasteiger partial charge in [-0.15, -0.1) is 0 Å². The average molecular weight is 278 g/mol. The smallest absolute Gasteiger partial charge is 0.255 e.